The van der Waals surface area contributed by atoms with Crippen LogP contribution in [0.5, 0.6) is 0 Å². The van der Waals surface area contributed by atoms with E-state index in [1.165, 1.54) is 24.3 Å². The van der Waals surface area contributed by atoms with E-state index >= 15 is 0 Å². The van der Waals surface area contributed by atoms with Crippen LogP contribution in [0, 0.1) is 6.92 Å². The Kier molecular flexibility index (Phi) is 6.09. The summed E-state index contributed by atoms with van der Waals surface area (Å²) in [6.45, 7) is 3.39. The van der Waals surface area contributed by atoms with Gasteiger partial charge < -0.3 is 5.32 Å². The number of rotatable bonds is 6. The number of carbonyl (C=O) groups excluding carboxylic acids is 1. The van der Waals surface area contributed by atoms with Crippen LogP contribution in [0.2, 0.25) is 0 Å². The highest BCUT2D eigenvalue weighted by Gasteiger charge is 2.37. The van der Waals surface area contributed by atoms with Gasteiger partial charge in [-0.2, -0.15) is 17.9 Å². The van der Waals surface area contributed by atoms with E-state index in [1.54, 1.807) is 0 Å². The van der Waals surface area contributed by atoms with Crippen molar-refractivity contribution >= 4 is 27.3 Å². The van der Waals surface area contributed by atoms with E-state index in [2.05, 4.69) is 5.32 Å². The average Bonchev–Trinajstić information content (AvgIpc) is 2.97. The van der Waals surface area contributed by atoms with Crippen molar-refractivity contribution < 1.29 is 26.4 Å². The number of halogens is 3. The van der Waals surface area contributed by atoms with Gasteiger partial charge in [-0.05, 0) is 38.1 Å². The molecule has 26 heavy (non-hydrogen) atoms. The zero-order valence-corrected chi connectivity index (χ0v) is 15.6. The van der Waals surface area contributed by atoms with E-state index in [-0.39, 0.29) is 6.54 Å². The first-order valence-corrected chi connectivity index (χ1v) is 9.82. The second-order valence-corrected chi connectivity index (χ2v) is 8.62. The molecule has 0 radical (unpaired) electrons. The van der Waals surface area contributed by atoms with Crippen LogP contribution in [0.1, 0.15) is 22.2 Å². The van der Waals surface area contributed by atoms with Crippen LogP contribution in [-0.2, 0) is 27.5 Å². The third kappa shape index (κ3) is 5.05. The topological polar surface area (TPSA) is 75.3 Å². The molecule has 0 unspecified atom stereocenters. The minimum atomic E-state index is -4.83. The second kappa shape index (κ2) is 7.77. The molecule has 1 aromatic heterocycles. The summed E-state index contributed by atoms with van der Waals surface area (Å²) in [5, 5.41) is 2.55. The van der Waals surface area contributed by atoms with Gasteiger partial charge in [0.05, 0.1) is 23.0 Å². The van der Waals surface area contributed by atoms with Gasteiger partial charge in [-0.1, -0.05) is 12.1 Å². The minimum absolute atomic E-state index is 0.211. The van der Waals surface area contributed by atoms with Crippen molar-refractivity contribution in [1.82, 2.24) is 10.0 Å². The summed E-state index contributed by atoms with van der Waals surface area (Å²) < 4.78 is 65.6. The number of sulfonamides is 1. The molecule has 0 bridgehead atoms. The van der Waals surface area contributed by atoms with Crippen LogP contribution in [-0.4, -0.2) is 20.4 Å². The first kappa shape index (κ1) is 20.4. The molecule has 2 aromatic rings. The number of thiophene rings is 1. The molecule has 2 rings (SSSR count). The number of carbonyl (C=O) groups is 1. The van der Waals surface area contributed by atoms with Gasteiger partial charge in [-0.25, -0.2) is 8.42 Å². The molecule has 0 aliphatic rings. The summed E-state index contributed by atoms with van der Waals surface area (Å²) >= 11 is 1.48. The third-order valence-corrected chi connectivity index (χ3v) is 6.04. The molecule has 1 heterocycles. The summed E-state index contributed by atoms with van der Waals surface area (Å²) in [5.74, 6) is -0.635. The molecule has 1 aromatic carbocycles. The van der Waals surface area contributed by atoms with Crippen molar-refractivity contribution in [3.05, 3.63) is 51.7 Å². The molecule has 0 aliphatic carbocycles. The molecule has 2 N–H and O–H groups in total. The van der Waals surface area contributed by atoms with Crippen molar-refractivity contribution in [2.45, 2.75) is 37.5 Å². The van der Waals surface area contributed by atoms with Gasteiger partial charge in [-0.15, -0.1) is 11.3 Å². The zero-order valence-electron chi connectivity index (χ0n) is 13.9. The van der Waals surface area contributed by atoms with E-state index in [9.17, 15) is 26.4 Å². The summed E-state index contributed by atoms with van der Waals surface area (Å²) in [6, 6.07) is 6.29. The smallest absolute Gasteiger partial charge is 0.350 e. The van der Waals surface area contributed by atoms with Crippen LogP contribution in [0.25, 0.3) is 0 Å². The predicted octanol–water partition coefficient (Wildman–Crippen LogP) is 3.06. The van der Waals surface area contributed by atoms with Gasteiger partial charge in [0.25, 0.3) is 0 Å². The van der Waals surface area contributed by atoms with Crippen LogP contribution >= 0.6 is 11.3 Å². The Morgan fingerprint density at radius 1 is 1.19 bits per heavy atom. The van der Waals surface area contributed by atoms with Crippen LogP contribution in [0.4, 0.5) is 13.2 Å². The largest absolute Gasteiger partial charge is 0.417 e. The van der Waals surface area contributed by atoms with E-state index in [4.69, 9.17) is 0 Å². The highest BCUT2D eigenvalue weighted by molar-refractivity contribution is 7.89. The summed E-state index contributed by atoms with van der Waals surface area (Å²) in [6.07, 6.45) is -4.83. The number of nitrogens with one attached hydrogen (secondary N) is 2. The zero-order chi connectivity index (χ0) is 19.5. The third-order valence-electron chi connectivity index (χ3n) is 3.44. The quantitative estimate of drug-likeness (QED) is 0.774. The van der Waals surface area contributed by atoms with Gasteiger partial charge in [-0.3, -0.25) is 4.79 Å². The highest BCUT2D eigenvalue weighted by Crippen LogP contribution is 2.33. The highest BCUT2D eigenvalue weighted by atomic mass is 32.2. The van der Waals surface area contributed by atoms with E-state index in [1.807, 2.05) is 23.8 Å². The minimum Gasteiger partial charge on any atom is -0.350 e. The first-order chi connectivity index (χ1) is 12.0. The number of hydrogen-bond acceptors (Lipinski definition) is 4. The fourth-order valence-electron chi connectivity index (χ4n) is 2.19. The van der Waals surface area contributed by atoms with Gasteiger partial charge in [0.2, 0.25) is 15.9 Å². The van der Waals surface area contributed by atoms with Crippen molar-refractivity contribution in [3.8, 4) is 0 Å². The molecular formula is C16H17F3N2O3S2. The van der Waals surface area contributed by atoms with E-state index in [0.717, 1.165) is 21.9 Å². The van der Waals surface area contributed by atoms with Crippen molar-refractivity contribution in [1.29, 1.82) is 0 Å². The van der Waals surface area contributed by atoms with Crippen molar-refractivity contribution in [2.24, 2.45) is 0 Å². The van der Waals surface area contributed by atoms with E-state index < -0.39 is 38.6 Å². The summed E-state index contributed by atoms with van der Waals surface area (Å²) in [5.41, 5.74) is -1.28. The van der Waals surface area contributed by atoms with Crippen LogP contribution < -0.4 is 10.0 Å². The average molecular weight is 406 g/mol. The molecule has 0 aliphatic heterocycles. The molecule has 142 valence electrons. The fourth-order valence-corrected chi connectivity index (χ4v) is 4.45. The Hall–Kier alpha value is -1.91. The lowest BCUT2D eigenvalue weighted by molar-refractivity contribution is -0.139. The normalized spacial score (nSPS) is 13.4. The molecule has 0 fully saturated rings. The Labute approximate surface area is 153 Å². The Morgan fingerprint density at radius 3 is 2.42 bits per heavy atom. The van der Waals surface area contributed by atoms with Crippen LogP contribution in [0.15, 0.2) is 41.3 Å². The Morgan fingerprint density at radius 2 is 1.85 bits per heavy atom. The number of hydrogen-bond donors (Lipinski definition) is 2. The molecule has 0 spiro atoms. The molecular weight excluding hydrogens is 389 g/mol. The predicted molar refractivity (Wildman–Crippen MR) is 92.1 cm³/mol. The Balaban J connectivity index is 2.10. The molecule has 10 heteroatoms. The summed E-state index contributed by atoms with van der Waals surface area (Å²) in [4.78, 5) is 13.1. The first-order valence-electron chi connectivity index (χ1n) is 7.52. The number of benzene rings is 1. The lowest BCUT2D eigenvalue weighted by Gasteiger charge is -2.17. The van der Waals surface area contributed by atoms with Gasteiger partial charge in [0.1, 0.15) is 0 Å². The number of alkyl halides is 3. The fraction of sp³-hybridized carbons (Fsp3) is 0.312. The number of amides is 1. The van der Waals surface area contributed by atoms with Gasteiger partial charge in [0.15, 0.2) is 0 Å². The second-order valence-electron chi connectivity index (χ2n) is 5.57. The summed E-state index contributed by atoms with van der Waals surface area (Å²) in [7, 11) is -4.53. The van der Waals surface area contributed by atoms with E-state index in [0.29, 0.717) is 6.07 Å². The molecule has 0 saturated heterocycles. The SMILES string of the molecule is Cc1ccc(CNC(=O)[C@H](C)NS(=O)(=O)c2ccccc2C(F)(F)F)s1. The standard InChI is InChI=1S/C16H17F3N2O3S2/c1-10-7-8-12(25-10)9-20-15(22)11(2)21-26(23,24)14-6-4-3-5-13(14)16(17,18)19/h3-8,11,21H,9H2,1-2H3,(H,20,22)/t11-/m0/s1. The molecule has 0 saturated carbocycles. The lowest BCUT2D eigenvalue weighted by atomic mass is 10.2. The maximum atomic E-state index is 13.0. The van der Waals surface area contributed by atoms with Crippen molar-refractivity contribution in [3.63, 3.8) is 0 Å². The van der Waals surface area contributed by atoms with Gasteiger partial charge >= 0.3 is 6.18 Å². The molecule has 1 amide bonds. The number of aryl methyl sites for hydroxylation is 1. The molecule has 5 nitrogen and oxygen atoms in total. The maximum Gasteiger partial charge on any atom is 0.417 e. The van der Waals surface area contributed by atoms with Crippen molar-refractivity contribution in [2.75, 3.05) is 0 Å². The molecule has 1 atom stereocenters. The van der Waals surface area contributed by atoms with Crippen LogP contribution in [0.3, 0.4) is 0 Å². The van der Waals surface area contributed by atoms with Gasteiger partial charge in [0, 0.05) is 9.75 Å². The Bertz CT molecular complexity index is 892. The maximum absolute atomic E-state index is 13.0. The lowest BCUT2D eigenvalue weighted by Crippen LogP contribution is -2.44. The monoisotopic (exact) mass is 406 g/mol.